The van der Waals surface area contributed by atoms with Crippen molar-refractivity contribution < 1.29 is 19.1 Å². The number of nitrogens with two attached hydrogens (primary N) is 1. The number of nitrogens with zero attached hydrogens (tertiary/aromatic N) is 1. The van der Waals surface area contributed by atoms with Gasteiger partial charge in [0.2, 0.25) is 5.91 Å². The molecule has 0 radical (unpaired) electrons. The number of carbonyl (C=O) groups excluding carboxylic acids is 2. The van der Waals surface area contributed by atoms with E-state index in [2.05, 4.69) is 0 Å². The van der Waals surface area contributed by atoms with Gasteiger partial charge in [0.05, 0.1) is 5.92 Å². The third-order valence-corrected chi connectivity index (χ3v) is 3.90. The van der Waals surface area contributed by atoms with E-state index in [0.717, 1.165) is 12.8 Å². The molecule has 1 unspecified atom stereocenters. The number of rotatable bonds is 2. The van der Waals surface area contributed by atoms with E-state index in [1.165, 1.54) is 0 Å². The van der Waals surface area contributed by atoms with Crippen molar-refractivity contribution in [2.75, 3.05) is 26.3 Å². The minimum absolute atomic E-state index is 0.0991. The summed E-state index contributed by atoms with van der Waals surface area (Å²) in [5.41, 5.74) is 5.89. The van der Waals surface area contributed by atoms with Crippen LogP contribution in [-0.4, -0.2) is 43.0 Å². The standard InChI is InChI=1S/C15H18N2O4/c16-14(18)11-2-1-5-17(9-11)15(19)10-3-4-12-13(8-10)21-7-6-20-12/h3-4,8,11H,1-2,5-7,9H2,(H2,16,18). The van der Waals surface area contributed by atoms with E-state index in [1.807, 2.05) is 0 Å². The Labute approximate surface area is 122 Å². The van der Waals surface area contributed by atoms with E-state index in [4.69, 9.17) is 15.2 Å². The second-order valence-electron chi connectivity index (χ2n) is 5.35. The summed E-state index contributed by atoms with van der Waals surface area (Å²) in [6.45, 7) is 2.05. The summed E-state index contributed by atoms with van der Waals surface area (Å²) < 4.78 is 10.9. The average molecular weight is 290 g/mol. The van der Waals surface area contributed by atoms with Crippen molar-refractivity contribution in [2.45, 2.75) is 12.8 Å². The molecule has 1 atom stereocenters. The van der Waals surface area contributed by atoms with E-state index >= 15 is 0 Å². The molecule has 2 aliphatic heterocycles. The average Bonchev–Trinajstić information content (AvgIpc) is 2.53. The topological polar surface area (TPSA) is 81.9 Å². The highest BCUT2D eigenvalue weighted by Crippen LogP contribution is 2.31. The second-order valence-corrected chi connectivity index (χ2v) is 5.35. The third-order valence-electron chi connectivity index (χ3n) is 3.90. The Morgan fingerprint density at radius 2 is 1.95 bits per heavy atom. The molecule has 0 saturated carbocycles. The van der Waals surface area contributed by atoms with Crippen molar-refractivity contribution in [1.82, 2.24) is 4.90 Å². The van der Waals surface area contributed by atoms with Crippen LogP contribution in [0.25, 0.3) is 0 Å². The van der Waals surface area contributed by atoms with Gasteiger partial charge in [0.1, 0.15) is 13.2 Å². The van der Waals surface area contributed by atoms with Gasteiger partial charge in [-0.3, -0.25) is 9.59 Å². The van der Waals surface area contributed by atoms with Crippen LogP contribution in [0.4, 0.5) is 0 Å². The number of carbonyl (C=O) groups is 2. The molecule has 2 amide bonds. The maximum atomic E-state index is 12.5. The Balaban J connectivity index is 1.77. The molecule has 2 heterocycles. The van der Waals surface area contributed by atoms with Gasteiger partial charge in [0.25, 0.3) is 5.91 Å². The summed E-state index contributed by atoms with van der Waals surface area (Å²) in [6.07, 6.45) is 1.55. The van der Waals surface area contributed by atoms with Crippen molar-refractivity contribution in [1.29, 1.82) is 0 Å². The van der Waals surface area contributed by atoms with Crippen molar-refractivity contribution in [3.05, 3.63) is 23.8 Å². The second kappa shape index (κ2) is 5.63. The number of benzene rings is 1. The van der Waals surface area contributed by atoms with Gasteiger partial charge in [-0.2, -0.15) is 0 Å². The van der Waals surface area contributed by atoms with Crippen molar-refractivity contribution in [3.63, 3.8) is 0 Å². The molecule has 2 aliphatic rings. The van der Waals surface area contributed by atoms with Crippen LogP contribution in [0.5, 0.6) is 11.5 Å². The SMILES string of the molecule is NC(=O)C1CCCN(C(=O)c2ccc3c(c2)OCCO3)C1. The summed E-state index contributed by atoms with van der Waals surface area (Å²) in [4.78, 5) is 25.5. The number of likely N-dealkylation sites (tertiary alicyclic amines) is 1. The molecule has 0 aromatic heterocycles. The highest BCUT2D eigenvalue weighted by Gasteiger charge is 2.28. The van der Waals surface area contributed by atoms with Crippen LogP contribution < -0.4 is 15.2 Å². The zero-order chi connectivity index (χ0) is 14.8. The van der Waals surface area contributed by atoms with Gasteiger partial charge in [-0.1, -0.05) is 0 Å². The smallest absolute Gasteiger partial charge is 0.254 e. The predicted octanol–water partition coefficient (Wildman–Crippen LogP) is 0.795. The van der Waals surface area contributed by atoms with Gasteiger partial charge in [0.15, 0.2) is 11.5 Å². The largest absolute Gasteiger partial charge is 0.486 e. The van der Waals surface area contributed by atoms with Crippen LogP contribution in [0.15, 0.2) is 18.2 Å². The van der Waals surface area contributed by atoms with Crippen molar-refractivity contribution >= 4 is 11.8 Å². The Kier molecular flexibility index (Phi) is 3.68. The zero-order valence-corrected chi connectivity index (χ0v) is 11.7. The minimum atomic E-state index is -0.338. The molecule has 2 N–H and O–H groups in total. The maximum Gasteiger partial charge on any atom is 0.254 e. The molecule has 0 spiro atoms. The summed E-state index contributed by atoms with van der Waals surface area (Å²) in [5, 5.41) is 0. The number of hydrogen-bond donors (Lipinski definition) is 1. The quantitative estimate of drug-likeness (QED) is 0.873. The number of ether oxygens (including phenoxy) is 2. The van der Waals surface area contributed by atoms with E-state index in [1.54, 1.807) is 23.1 Å². The first-order chi connectivity index (χ1) is 10.1. The lowest BCUT2D eigenvalue weighted by molar-refractivity contribution is -0.123. The molecule has 1 fully saturated rings. The van der Waals surface area contributed by atoms with Crippen LogP contribution in [-0.2, 0) is 4.79 Å². The van der Waals surface area contributed by atoms with Crippen molar-refractivity contribution in [3.8, 4) is 11.5 Å². The Morgan fingerprint density at radius 1 is 1.19 bits per heavy atom. The van der Waals surface area contributed by atoms with Crippen molar-refractivity contribution in [2.24, 2.45) is 11.7 Å². The number of fused-ring (bicyclic) bond motifs is 1. The molecule has 6 heteroatoms. The fraction of sp³-hybridized carbons (Fsp3) is 0.467. The summed E-state index contributed by atoms with van der Waals surface area (Å²) in [6, 6.07) is 5.17. The molecule has 3 rings (SSSR count). The van der Waals surface area contributed by atoms with Crippen LogP contribution >= 0.6 is 0 Å². The zero-order valence-electron chi connectivity index (χ0n) is 11.7. The highest BCUT2D eigenvalue weighted by molar-refractivity contribution is 5.95. The van der Waals surface area contributed by atoms with Gasteiger partial charge in [-0.25, -0.2) is 0 Å². The lowest BCUT2D eigenvalue weighted by Crippen LogP contribution is -2.44. The molecule has 1 saturated heterocycles. The fourth-order valence-electron chi connectivity index (χ4n) is 2.75. The monoisotopic (exact) mass is 290 g/mol. The lowest BCUT2D eigenvalue weighted by atomic mass is 9.97. The molecule has 6 nitrogen and oxygen atoms in total. The molecule has 0 bridgehead atoms. The van der Waals surface area contributed by atoms with Crippen LogP contribution in [0.1, 0.15) is 23.2 Å². The van der Waals surface area contributed by atoms with Gasteiger partial charge in [-0.15, -0.1) is 0 Å². The van der Waals surface area contributed by atoms with E-state index in [0.29, 0.717) is 43.4 Å². The number of primary amides is 1. The molecular formula is C15H18N2O4. The molecule has 112 valence electrons. The van der Waals surface area contributed by atoms with Gasteiger partial charge in [-0.05, 0) is 31.0 Å². The first-order valence-corrected chi connectivity index (χ1v) is 7.13. The summed E-state index contributed by atoms with van der Waals surface area (Å²) in [7, 11) is 0. The highest BCUT2D eigenvalue weighted by atomic mass is 16.6. The molecular weight excluding hydrogens is 272 g/mol. The fourth-order valence-corrected chi connectivity index (χ4v) is 2.75. The number of hydrogen-bond acceptors (Lipinski definition) is 4. The van der Waals surface area contributed by atoms with Crippen LogP contribution in [0.3, 0.4) is 0 Å². The van der Waals surface area contributed by atoms with Crippen LogP contribution in [0.2, 0.25) is 0 Å². The van der Waals surface area contributed by atoms with E-state index < -0.39 is 0 Å². The normalized spacial score (nSPS) is 21.0. The van der Waals surface area contributed by atoms with Gasteiger partial charge >= 0.3 is 0 Å². The van der Waals surface area contributed by atoms with Gasteiger partial charge in [0, 0.05) is 18.7 Å². The van der Waals surface area contributed by atoms with E-state index in [9.17, 15) is 9.59 Å². The number of amides is 2. The van der Waals surface area contributed by atoms with Gasteiger partial charge < -0.3 is 20.1 Å². The predicted molar refractivity (Wildman–Crippen MR) is 75.3 cm³/mol. The third kappa shape index (κ3) is 2.79. The van der Waals surface area contributed by atoms with E-state index in [-0.39, 0.29) is 17.7 Å². The summed E-state index contributed by atoms with van der Waals surface area (Å²) in [5.74, 6) is 0.564. The Bertz CT molecular complexity index is 573. The minimum Gasteiger partial charge on any atom is -0.486 e. The van der Waals surface area contributed by atoms with Crippen LogP contribution in [0, 0.1) is 5.92 Å². The Morgan fingerprint density at radius 3 is 2.71 bits per heavy atom. The first-order valence-electron chi connectivity index (χ1n) is 7.13. The number of piperidine rings is 1. The lowest BCUT2D eigenvalue weighted by Gasteiger charge is -2.31. The molecule has 1 aromatic carbocycles. The Hall–Kier alpha value is -2.24. The molecule has 21 heavy (non-hydrogen) atoms. The molecule has 0 aliphatic carbocycles. The first kappa shape index (κ1) is 13.7. The molecule has 1 aromatic rings. The summed E-state index contributed by atoms with van der Waals surface area (Å²) >= 11 is 0. The maximum absolute atomic E-state index is 12.5.